The van der Waals surface area contributed by atoms with Crippen LogP contribution >= 0.6 is 25.8 Å². The Labute approximate surface area is 262 Å². The summed E-state index contributed by atoms with van der Waals surface area (Å²) in [4.78, 5) is 36.2. The molecule has 4 saturated heterocycles. The molecule has 4 aromatic rings. The molecule has 45 heavy (non-hydrogen) atoms. The van der Waals surface area contributed by atoms with Gasteiger partial charge >= 0.3 is 13.5 Å². The summed E-state index contributed by atoms with van der Waals surface area (Å²) in [6.45, 7) is -7.65. The lowest BCUT2D eigenvalue weighted by atomic mass is 10.0. The van der Waals surface area contributed by atoms with Gasteiger partial charge in [-0.25, -0.2) is 38.9 Å². The third-order valence-corrected chi connectivity index (χ3v) is 11.2. The molecule has 0 amide bonds. The molecule has 18 nitrogen and oxygen atoms in total. The predicted molar refractivity (Wildman–Crippen MR) is 156 cm³/mol. The smallest absolute Gasteiger partial charge is 0.382 e. The molecule has 8 rings (SSSR count). The summed E-state index contributed by atoms with van der Waals surface area (Å²) in [5, 5.41) is 0. The first-order valence-corrected chi connectivity index (χ1v) is 18.7. The Morgan fingerprint density at radius 1 is 1.02 bits per heavy atom. The minimum absolute atomic E-state index is 0.0851. The van der Waals surface area contributed by atoms with E-state index in [1.54, 1.807) is 11.5 Å². The van der Waals surface area contributed by atoms with Gasteiger partial charge in [0.05, 0.1) is 38.2 Å². The quantitative estimate of drug-likeness (QED) is 0.199. The highest BCUT2D eigenvalue weighted by Crippen LogP contribution is 2.61. The third kappa shape index (κ3) is 4.92. The topological polar surface area (TPSA) is 215 Å². The maximum absolute atomic E-state index is 16.1. The standard InChI is InChI=1S/C22H24FN9O9P2S2/c1-9-12-18(27-5-25-9)32(7-29-12)21-15-16-22(39-21,3-35-15)4-37-43(34,45)40-14-10(2-36-42(33,44)41-16)38-20(11(14)23)31-8-30-13-17(24)26-6-28-19(13)31/h5-8,10-11,14-16,20-21H,2-4H2,1H3,(H,33,44)(H,34,45)(H2,24,26,28)/t10-,11-,14-,15-,16+,20-,21-,22-,42?,43?/m1/s1. The summed E-state index contributed by atoms with van der Waals surface area (Å²) in [7, 11) is 0. The SMILES string of the molecule is Cc1ncnc2c1ncn2[C@@H]1O[C@@]23CO[C@@H]1[C@@H]2OP(O)(=S)OC[C@H]1O[C@@H](n2cnc4c(N)ncnc42)[C@H](F)[C@@H]1OP(=O)(S)OC3. The summed E-state index contributed by atoms with van der Waals surface area (Å²) in [6.07, 6.45) is -3.54. The Morgan fingerprint density at radius 2 is 1.73 bits per heavy atom. The van der Waals surface area contributed by atoms with Gasteiger partial charge < -0.3 is 29.4 Å². The summed E-state index contributed by atoms with van der Waals surface area (Å²) in [5.74, 6) is 0.0851. The van der Waals surface area contributed by atoms with Gasteiger partial charge in [-0.3, -0.25) is 22.7 Å². The fourth-order valence-electron chi connectivity index (χ4n) is 5.98. The fraction of sp³-hybridized carbons (Fsp3) is 0.545. The Bertz CT molecular complexity index is 1920. The van der Waals surface area contributed by atoms with Gasteiger partial charge in [0, 0.05) is 0 Å². The van der Waals surface area contributed by atoms with Crippen LogP contribution in [-0.4, -0.2) is 99.9 Å². The monoisotopic (exact) mass is 703 g/mol. The van der Waals surface area contributed by atoms with Crippen LogP contribution in [0, 0.1) is 6.92 Å². The number of aromatic nitrogens is 8. The first kappa shape index (κ1) is 30.1. The molecule has 10 atom stereocenters. The highest BCUT2D eigenvalue weighted by molar-refractivity contribution is 8.44. The van der Waals surface area contributed by atoms with Gasteiger partial charge in [0.15, 0.2) is 35.7 Å². The van der Waals surface area contributed by atoms with Crippen molar-refractivity contribution in [2.75, 3.05) is 25.6 Å². The molecule has 4 aliphatic heterocycles. The van der Waals surface area contributed by atoms with Crippen molar-refractivity contribution in [2.45, 2.75) is 55.6 Å². The number of imidazole rings is 2. The van der Waals surface area contributed by atoms with E-state index in [1.807, 2.05) is 0 Å². The van der Waals surface area contributed by atoms with E-state index in [9.17, 15) is 9.46 Å². The number of thiol groups is 1. The van der Waals surface area contributed by atoms with Gasteiger partial charge in [-0.15, -0.1) is 0 Å². The fourth-order valence-corrected chi connectivity index (χ4v) is 8.94. The van der Waals surface area contributed by atoms with Crippen molar-refractivity contribution in [2.24, 2.45) is 0 Å². The Kier molecular flexibility index (Phi) is 7.11. The molecule has 0 aliphatic carbocycles. The van der Waals surface area contributed by atoms with Gasteiger partial charge in [-0.2, -0.15) is 0 Å². The summed E-state index contributed by atoms with van der Waals surface area (Å²) < 4.78 is 74.0. The number of halogens is 1. The summed E-state index contributed by atoms with van der Waals surface area (Å²) in [6, 6.07) is 0. The lowest BCUT2D eigenvalue weighted by Gasteiger charge is -2.34. The number of hydrogen-bond donors (Lipinski definition) is 3. The van der Waals surface area contributed by atoms with Crippen LogP contribution < -0.4 is 5.73 Å². The number of alkyl halides is 1. The van der Waals surface area contributed by atoms with Crippen LogP contribution in [0.15, 0.2) is 25.3 Å². The Hall–Kier alpha value is -2.26. The van der Waals surface area contributed by atoms with Crippen LogP contribution in [0.1, 0.15) is 18.1 Å². The van der Waals surface area contributed by atoms with E-state index >= 15 is 4.39 Å². The highest BCUT2D eigenvalue weighted by atomic mass is 32.7. The molecule has 8 heterocycles. The maximum atomic E-state index is 16.1. The third-order valence-electron chi connectivity index (χ3n) is 8.09. The summed E-state index contributed by atoms with van der Waals surface area (Å²) >= 11 is 9.49. The first-order chi connectivity index (χ1) is 21.5. The number of anilines is 1. The van der Waals surface area contributed by atoms with Crippen LogP contribution in [0.25, 0.3) is 22.3 Å². The molecule has 0 radical (unpaired) electrons. The zero-order valence-electron chi connectivity index (χ0n) is 23.0. The van der Waals surface area contributed by atoms with E-state index < -0.39 is 75.4 Å². The van der Waals surface area contributed by atoms with Crippen molar-refractivity contribution < 1.29 is 46.2 Å². The molecule has 0 saturated carbocycles. The lowest BCUT2D eigenvalue weighted by molar-refractivity contribution is -0.183. The molecule has 23 heteroatoms. The van der Waals surface area contributed by atoms with E-state index in [0.29, 0.717) is 16.9 Å². The Balaban J connectivity index is 1.10. The van der Waals surface area contributed by atoms with Gasteiger partial charge in [0.2, 0.25) is 0 Å². The van der Waals surface area contributed by atoms with Crippen molar-refractivity contribution in [3.8, 4) is 0 Å². The van der Waals surface area contributed by atoms with Crippen molar-refractivity contribution in [1.82, 2.24) is 39.0 Å². The minimum atomic E-state index is -4.31. The van der Waals surface area contributed by atoms with E-state index in [0.717, 1.165) is 0 Å². The molecular formula is C22H24FN9O9P2S2. The second-order valence-corrected chi connectivity index (χ2v) is 16.5. The number of nitrogens with two attached hydrogens (primary N) is 1. The van der Waals surface area contributed by atoms with E-state index in [1.165, 1.54) is 29.9 Å². The van der Waals surface area contributed by atoms with Crippen molar-refractivity contribution in [3.63, 3.8) is 0 Å². The average Bonchev–Trinajstić information content (AvgIpc) is 3.80. The number of nitrogens with zero attached hydrogens (tertiary/aromatic N) is 8. The first-order valence-electron chi connectivity index (χ1n) is 13.4. The van der Waals surface area contributed by atoms with Gasteiger partial charge in [0.1, 0.15) is 53.7 Å². The minimum Gasteiger partial charge on any atom is -0.382 e. The number of nitrogen functional groups attached to an aromatic ring is 1. The zero-order valence-corrected chi connectivity index (χ0v) is 26.5. The second kappa shape index (κ2) is 10.6. The number of fused-ring (bicyclic) bond motifs is 3. The van der Waals surface area contributed by atoms with Crippen molar-refractivity contribution in [3.05, 3.63) is 31.0 Å². The van der Waals surface area contributed by atoms with Crippen LogP contribution in [0.3, 0.4) is 0 Å². The van der Waals surface area contributed by atoms with Crippen LogP contribution in [-0.2, 0) is 48.7 Å². The number of aryl methyl sites for hydroxylation is 1. The summed E-state index contributed by atoms with van der Waals surface area (Å²) in [5.41, 5.74) is 6.50. The molecule has 3 N–H and O–H groups in total. The van der Waals surface area contributed by atoms with Gasteiger partial charge in [-0.05, 0) is 18.7 Å². The Morgan fingerprint density at radius 3 is 2.53 bits per heavy atom. The normalized spacial score (nSPS) is 40.3. The average molecular weight is 704 g/mol. The molecule has 0 aromatic carbocycles. The van der Waals surface area contributed by atoms with Crippen LogP contribution in [0.5, 0.6) is 0 Å². The van der Waals surface area contributed by atoms with E-state index in [2.05, 4.69) is 42.2 Å². The number of rotatable bonds is 2. The van der Waals surface area contributed by atoms with Crippen LogP contribution in [0.4, 0.5) is 10.2 Å². The highest BCUT2D eigenvalue weighted by Gasteiger charge is 2.65. The van der Waals surface area contributed by atoms with Gasteiger partial charge in [0.25, 0.3) is 0 Å². The zero-order chi connectivity index (χ0) is 31.3. The number of hydrogen-bond acceptors (Lipinski definition) is 16. The molecule has 2 unspecified atom stereocenters. The van der Waals surface area contributed by atoms with Crippen molar-refractivity contribution >= 4 is 65.7 Å². The lowest BCUT2D eigenvalue weighted by Crippen LogP contribution is -2.46. The molecule has 4 fully saturated rings. The molecule has 2 bridgehead atoms. The predicted octanol–water partition coefficient (Wildman–Crippen LogP) is 1.53. The molecule has 0 spiro atoms. The van der Waals surface area contributed by atoms with E-state index in [4.69, 9.17) is 49.8 Å². The molecule has 240 valence electrons. The van der Waals surface area contributed by atoms with Crippen molar-refractivity contribution in [1.29, 1.82) is 0 Å². The second-order valence-electron chi connectivity index (χ2n) is 10.8. The largest absolute Gasteiger partial charge is 0.386 e. The van der Waals surface area contributed by atoms with Crippen LogP contribution in [0.2, 0.25) is 0 Å². The molecule has 4 aliphatic rings. The molecule has 4 aromatic heterocycles. The van der Waals surface area contributed by atoms with E-state index in [-0.39, 0.29) is 23.6 Å². The van der Waals surface area contributed by atoms with Gasteiger partial charge in [-0.1, -0.05) is 12.2 Å². The molecular weight excluding hydrogens is 679 g/mol. The maximum Gasteiger partial charge on any atom is 0.386 e. The number of ether oxygens (including phenoxy) is 3.